The number of rotatable bonds is 6. The van der Waals surface area contributed by atoms with Crippen LogP contribution in [0.3, 0.4) is 0 Å². The van der Waals surface area contributed by atoms with Gasteiger partial charge < -0.3 is 15.2 Å². The largest absolute Gasteiger partial charge is 0.480 e. The van der Waals surface area contributed by atoms with Crippen LogP contribution in [0.4, 0.5) is 13.2 Å². The molecule has 2 N–H and O–H groups in total. The predicted molar refractivity (Wildman–Crippen MR) is 62.2 cm³/mol. The predicted octanol–water partition coefficient (Wildman–Crippen LogP) is 1.54. The summed E-state index contributed by atoms with van der Waals surface area (Å²) >= 11 is 0. The highest BCUT2D eigenvalue weighted by Crippen LogP contribution is 2.28. The molecule has 0 radical (unpaired) electrons. The molecule has 1 aromatic rings. The van der Waals surface area contributed by atoms with E-state index >= 15 is 0 Å². The van der Waals surface area contributed by atoms with Crippen molar-refractivity contribution in [2.24, 2.45) is 0 Å². The van der Waals surface area contributed by atoms with Crippen molar-refractivity contribution in [3.05, 3.63) is 35.4 Å². The molecule has 0 saturated heterocycles. The lowest BCUT2D eigenvalue weighted by molar-refractivity contribution is -0.142. The second-order valence-corrected chi connectivity index (χ2v) is 3.78. The first-order chi connectivity index (χ1) is 9.30. The Balaban J connectivity index is 2.42. The van der Waals surface area contributed by atoms with Crippen LogP contribution < -0.4 is 5.32 Å². The second kappa shape index (κ2) is 6.90. The lowest BCUT2D eigenvalue weighted by Crippen LogP contribution is -2.28. The van der Waals surface area contributed by atoms with Crippen molar-refractivity contribution in [1.82, 2.24) is 5.32 Å². The van der Waals surface area contributed by atoms with Crippen LogP contribution in [0.25, 0.3) is 0 Å². The molecular formula is C12H12F3NO4. The van der Waals surface area contributed by atoms with Crippen molar-refractivity contribution in [2.75, 3.05) is 19.8 Å². The van der Waals surface area contributed by atoms with Gasteiger partial charge >= 0.3 is 12.1 Å². The SMILES string of the molecule is O=C(O)COCCNC(=O)c1ccc(C(F)(F)F)cc1. The van der Waals surface area contributed by atoms with Crippen molar-refractivity contribution >= 4 is 11.9 Å². The van der Waals surface area contributed by atoms with E-state index in [0.29, 0.717) is 0 Å². The molecule has 0 atom stereocenters. The van der Waals surface area contributed by atoms with Crippen LogP contribution in [0, 0.1) is 0 Å². The highest BCUT2D eigenvalue weighted by molar-refractivity contribution is 5.94. The van der Waals surface area contributed by atoms with E-state index < -0.39 is 30.2 Å². The van der Waals surface area contributed by atoms with Crippen LogP contribution in [0.1, 0.15) is 15.9 Å². The van der Waals surface area contributed by atoms with E-state index in [1.54, 1.807) is 0 Å². The van der Waals surface area contributed by atoms with Gasteiger partial charge in [-0.1, -0.05) is 0 Å². The normalized spacial score (nSPS) is 11.2. The van der Waals surface area contributed by atoms with Gasteiger partial charge in [0, 0.05) is 12.1 Å². The van der Waals surface area contributed by atoms with Crippen LogP contribution in [0.2, 0.25) is 0 Å². The number of amides is 1. The molecule has 1 amide bonds. The van der Waals surface area contributed by atoms with Gasteiger partial charge in [0.1, 0.15) is 6.61 Å². The maximum atomic E-state index is 12.3. The van der Waals surface area contributed by atoms with Gasteiger partial charge in [0.2, 0.25) is 0 Å². The summed E-state index contributed by atoms with van der Waals surface area (Å²) in [5, 5.41) is 10.7. The number of nitrogens with one attached hydrogen (secondary N) is 1. The van der Waals surface area contributed by atoms with Gasteiger partial charge in [-0.15, -0.1) is 0 Å². The Morgan fingerprint density at radius 1 is 1.20 bits per heavy atom. The van der Waals surface area contributed by atoms with E-state index in [2.05, 4.69) is 10.1 Å². The van der Waals surface area contributed by atoms with Gasteiger partial charge in [-0.25, -0.2) is 4.79 Å². The number of aliphatic carboxylic acids is 1. The molecule has 1 rings (SSSR count). The number of ether oxygens (including phenoxy) is 1. The maximum Gasteiger partial charge on any atom is 0.416 e. The van der Waals surface area contributed by atoms with Gasteiger partial charge in [0.15, 0.2) is 0 Å². The summed E-state index contributed by atoms with van der Waals surface area (Å²) in [4.78, 5) is 21.7. The van der Waals surface area contributed by atoms with Crippen LogP contribution >= 0.6 is 0 Å². The van der Waals surface area contributed by atoms with E-state index in [1.807, 2.05) is 0 Å². The molecule has 1 aromatic carbocycles. The number of carbonyl (C=O) groups excluding carboxylic acids is 1. The quantitative estimate of drug-likeness (QED) is 0.779. The van der Waals surface area contributed by atoms with Crippen LogP contribution in [0.15, 0.2) is 24.3 Å². The third-order valence-electron chi connectivity index (χ3n) is 2.23. The number of hydrogen-bond donors (Lipinski definition) is 2. The first-order valence-electron chi connectivity index (χ1n) is 5.55. The van der Waals surface area contributed by atoms with E-state index in [9.17, 15) is 22.8 Å². The molecule has 0 aliphatic carbocycles. The van der Waals surface area contributed by atoms with Crippen molar-refractivity contribution in [3.8, 4) is 0 Å². The van der Waals surface area contributed by atoms with Crippen LogP contribution in [0.5, 0.6) is 0 Å². The zero-order chi connectivity index (χ0) is 15.2. The Morgan fingerprint density at radius 2 is 1.80 bits per heavy atom. The summed E-state index contributed by atoms with van der Waals surface area (Å²) in [7, 11) is 0. The third kappa shape index (κ3) is 5.27. The number of carboxylic acid groups (broad SMARTS) is 1. The van der Waals surface area contributed by atoms with E-state index in [1.165, 1.54) is 0 Å². The number of hydrogen-bond acceptors (Lipinski definition) is 3. The lowest BCUT2D eigenvalue weighted by atomic mass is 10.1. The Morgan fingerprint density at radius 3 is 2.30 bits per heavy atom. The van der Waals surface area contributed by atoms with E-state index in [4.69, 9.17) is 5.11 Å². The van der Waals surface area contributed by atoms with Gasteiger partial charge in [-0.3, -0.25) is 4.79 Å². The zero-order valence-electron chi connectivity index (χ0n) is 10.2. The average Bonchev–Trinajstić information content (AvgIpc) is 2.37. The molecule has 0 aliphatic heterocycles. The third-order valence-corrected chi connectivity index (χ3v) is 2.23. The Kier molecular flexibility index (Phi) is 5.51. The van der Waals surface area contributed by atoms with Crippen molar-refractivity contribution in [1.29, 1.82) is 0 Å². The monoisotopic (exact) mass is 291 g/mol. The highest BCUT2D eigenvalue weighted by atomic mass is 19.4. The van der Waals surface area contributed by atoms with Crippen LogP contribution in [-0.2, 0) is 15.7 Å². The average molecular weight is 291 g/mol. The van der Waals surface area contributed by atoms with E-state index in [0.717, 1.165) is 24.3 Å². The van der Waals surface area contributed by atoms with Gasteiger partial charge in [0.25, 0.3) is 5.91 Å². The summed E-state index contributed by atoms with van der Waals surface area (Å²) in [5.41, 5.74) is -0.755. The Labute approximate surface area is 112 Å². The smallest absolute Gasteiger partial charge is 0.416 e. The minimum Gasteiger partial charge on any atom is -0.480 e. The van der Waals surface area contributed by atoms with Gasteiger partial charge in [-0.2, -0.15) is 13.2 Å². The summed E-state index contributed by atoms with van der Waals surface area (Å²) in [6.07, 6.45) is -4.44. The molecule has 0 unspecified atom stereocenters. The molecule has 0 aliphatic rings. The number of carboxylic acids is 1. The standard InChI is InChI=1S/C12H12F3NO4/c13-12(14,15)9-3-1-8(2-4-9)11(19)16-5-6-20-7-10(17)18/h1-4H,5-7H2,(H,16,19)(H,17,18). The fraction of sp³-hybridized carbons (Fsp3) is 0.333. The van der Waals surface area contributed by atoms with Crippen LogP contribution in [-0.4, -0.2) is 36.7 Å². The molecule has 8 heteroatoms. The first kappa shape index (κ1) is 16.0. The summed E-state index contributed by atoms with van der Waals surface area (Å²) in [6, 6.07) is 3.76. The second-order valence-electron chi connectivity index (χ2n) is 3.78. The fourth-order valence-electron chi connectivity index (χ4n) is 1.31. The number of halogens is 3. The lowest BCUT2D eigenvalue weighted by Gasteiger charge is -2.08. The van der Waals surface area contributed by atoms with E-state index in [-0.39, 0.29) is 18.7 Å². The Hall–Kier alpha value is -2.09. The van der Waals surface area contributed by atoms with Crippen molar-refractivity contribution in [2.45, 2.75) is 6.18 Å². The molecule has 0 spiro atoms. The minimum absolute atomic E-state index is 0.00131. The molecule has 110 valence electrons. The first-order valence-corrected chi connectivity index (χ1v) is 5.55. The maximum absolute atomic E-state index is 12.3. The summed E-state index contributed by atoms with van der Waals surface area (Å²) < 4.78 is 41.6. The number of carbonyl (C=O) groups is 2. The molecule has 5 nitrogen and oxygen atoms in total. The van der Waals surface area contributed by atoms with Crippen molar-refractivity contribution < 1.29 is 32.6 Å². The molecule has 20 heavy (non-hydrogen) atoms. The molecule has 0 fully saturated rings. The summed E-state index contributed by atoms with van der Waals surface area (Å²) in [6.45, 7) is -0.415. The fourth-order valence-corrected chi connectivity index (χ4v) is 1.31. The molecule has 0 heterocycles. The Bertz CT molecular complexity index is 471. The van der Waals surface area contributed by atoms with Gasteiger partial charge in [0.05, 0.1) is 12.2 Å². The van der Waals surface area contributed by atoms with Crippen molar-refractivity contribution in [3.63, 3.8) is 0 Å². The minimum atomic E-state index is -4.44. The van der Waals surface area contributed by atoms with Gasteiger partial charge in [-0.05, 0) is 24.3 Å². The molecular weight excluding hydrogens is 279 g/mol. The molecule has 0 saturated carbocycles. The summed E-state index contributed by atoms with van der Waals surface area (Å²) in [5.74, 6) is -1.68. The topological polar surface area (TPSA) is 75.6 Å². The zero-order valence-corrected chi connectivity index (χ0v) is 10.2. The molecule has 0 aromatic heterocycles. The highest BCUT2D eigenvalue weighted by Gasteiger charge is 2.30. The number of benzene rings is 1. The number of alkyl halides is 3. The molecule has 0 bridgehead atoms.